The highest BCUT2D eigenvalue weighted by Gasteiger charge is 2.16. The zero-order chi connectivity index (χ0) is 8.55. The Morgan fingerprint density at radius 2 is 2.33 bits per heavy atom. The van der Waals surface area contributed by atoms with Gasteiger partial charge in [0.25, 0.3) is 0 Å². The molecule has 0 unspecified atom stereocenters. The largest absolute Gasteiger partial charge is 0.325 e. The van der Waals surface area contributed by atoms with Crippen LogP contribution in [0.25, 0.3) is 0 Å². The molecule has 0 saturated carbocycles. The minimum absolute atomic E-state index is 0.443. The fourth-order valence-electron chi connectivity index (χ4n) is 1.63. The van der Waals surface area contributed by atoms with Crippen LogP contribution in [0.1, 0.15) is 24.4 Å². The molecule has 0 saturated heterocycles. The minimum atomic E-state index is 0.443. The molecule has 0 aliphatic carbocycles. The van der Waals surface area contributed by atoms with Gasteiger partial charge in [-0.2, -0.15) is 0 Å². The van der Waals surface area contributed by atoms with Crippen LogP contribution in [0, 0.1) is 0 Å². The first-order valence-electron chi connectivity index (χ1n) is 4.26. The Bertz CT molecular complexity index is 293. The number of aryl methyl sites for hydroxylation is 1. The van der Waals surface area contributed by atoms with Crippen LogP contribution in [-0.4, -0.2) is 9.55 Å². The molecule has 1 aromatic rings. The number of fused-ring (bicyclic) bond motifs is 1. The van der Waals surface area contributed by atoms with Gasteiger partial charge >= 0.3 is 0 Å². The number of nitrogens with zero attached hydrogens (tertiary/aromatic N) is 2. The fourth-order valence-corrected chi connectivity index (χ4v) is 1.93. The first-order valence-corrected chi connectivity index (χ1v) is 4.64. The van der Waals surface area contributed by atoms with Crippen molar-refractivity contribution in [3.63, 3.8) is 0 Å². The third-order valence-corrected chi connectivity index (χ3v) is 2.70. The van der Waals surface area contributed by atoms with Crippen LogP contribution in [0.3, 0.4) is 0 Å². The summed E-state index contributed by atoms with van der Waals surface area (Å²) in [5, 5.41) is 0.743. The van der Waals surface area contributed by atoms with E-state index in [-0.39, 0.29) is 0 Å². The maximum absolute atomic E-state index is 6.06. The van der Waals surface area contributed by atoms with E-state index in [1.54, 1.807) is 0 Å². The number of aromatic nitrogens is 2. The molecule has 2 N–H and O–H groups in total. The topological polar surface area (TPSA) is 43.8 Å². The minimum Gasteiger partial charge on any atom is -0.325 e. The summed E-state index contributed by atoms with van der Waals surface area (Å²) in [7, 11) is 0. The molecule has 0 bridgehead atoms. The summed E-state index contributed by atoms with van der Waals surface area (Å²) >= 11 is 6.06. The summed E-state index contributed by atoms with van der Waals surface area (Å²) in [6, 6.07) is 0. The monoisotopic (exact) mass is 185 g/mol. The Kier molecular flexibility index (Phi) is 2.07. The van der Waals surface area contributed by atoms with Crippen molar-refractivity contribution in [2.75, 3.05) is 0 Å². The number of hydrogen-bond donors (Lipinski definition) is 1. The van der Waals surface area contributed by atoms with Crippen LogP contribution in [0.5, 0.6) is 0 Å². The van der Waals surface area contributed by atoms with Crippen LogP contribution in [-0.2, 0) is 19.5 Å². The molecule has 0 radical (unpaired) electrons. The first kappa shape index (κ1) is 8.08. The number of rotatable bonds is 1. The molecule has 1 aliphatic heterocycles. The van der Waals surface area contributed by atoms with Gasteiger partial charge in [0.05, 0.1) is 5.69 Å². The van der Waals surface area contributed by atoms with Crippen molar-refractivity contribution in [2.45, 2.75) is 32.4 Å². The highest BCUT2D eigenvalue weighted by Crippen LogP contribution is 2.23. The Morgan fingerprint density at radius 1 is 1.50 bits per heavy atom. The van der Waals surface area contributed by atoms with Gasteiger partial charge in [-0.05, 0) is 12.8 Å². The summed E-state index contributed by atoms with van der Waals surface area (Å²) in [5.74, 6) is 1.10. The quantitative estimate of drug-likeness (QED) is 0.718. The Morgan fingerprint density at radius 3 is 3.00 bits per heavy atom. The molecule has 12 heavy (non-hydrogen) atoms. The van der Waals surface area contributed by atoms with Gasteiger partial charge in [0.2, 0.25) is 0 Å². The Hall–Kier alpha value is -0.540. The van der Waals surface area contributed by atoms with Gasteiger partial charge in [0.15, 0.2) is 0 Å². The predicted molar refractivity (Wildman–Crippen MR) is 48.1 cm³/mol. The normalized spacial score (nSPS) is 16.2. The Balaban J connectivity index is 2.44. The number of halogens is 1. The van der Waals surface area contributed by atoms with Crippen molar-refractivity contribution >= 4 is 11.6 Å². The lowest BCUT2D eigenvalue weighted by Gasteiger charge is -2.13. The molecule has 1 aliphatic rings. The van der Waals surface area contributed by atoms with E-state index >= 15 is 0 Å². The molecule has 2 rings (SSSR count). The SMILES string of the molecule is NCc1nc2n(c1Cl)CCCC2. The summed E-state index contributed by atoms with van der Waals surface area (Å²) < 4.78 is 2.08. The smallest absolute Gasteiger partial charge is 0.133 e. The molecule has 1 aromatic heterocycles. The maximum Gasteiger partial charge on any atom is 0.133 e. The summed E-state index contributed by atoms with van der Waals surface area (Å²) in [6.45, 7) is 1.44. The molecule has 0 atom stereocenters. The van der Waals surface area contributed by atoms with Gasteiger partial charge in [-0.1, -0.05) is 11.6 Å². The van der Waals surface area contributed by atoms with Crippen LogP contribution in [0.2, 0.25) is 5.15 Å². The fraction of sp³-hybridized carbons (Fsp3) is 0.625. The summed E-state index contributed by atoms with van der Waals surface area (Å²) in [4.78, 5) is 4.37. The maximum atomic E-state index is 6.06. The second-order valence-electron chi connectivity index (χ2n) is 3.08. The lowest BCUT2D eigenvalue weighted by molar-refractivity contribution is 0.523. The molecule has 66 valence electrons. The Labute approximate surface area is 76.5 Å². The van der Waals surface area contributed by atoms with Gasteiger partial charge in [-0.15, -0.1) is 0 Å². The van der Waals surface area contributed by atoms with E-state index in [2.05, 4.69) is 9.55 Å². The van der Waals surface area contributed by atoms with Crippen molar-refractivity contribution < 1.29 is 0 Å². The van der Waals surface area contributed by atoms with Crippen LogP contribution < -0.4 is 5.73 Å². The van der Waals surface area contributed by atoms with E-state index in [0.717, 1.165) is 29.6 Å². The van der Waals surface area contributed by atoms with E-state index in [1.807, 2.05) is 0 Å². The standard InChI is InChI=1S/C8H12ClN3/c9-8-6(5-10)11-7-3-1-2-4-12(7)8/h1-5,10H2. The average Bonchev–Trinajstić information content (AvgIpc) is 2.44. The van der Waals surface area contributed by atoms with E-state index < -0.39 is 0 Å². The highest BCUT2D eigenvalue weighted by atomic mass is 35.5. The molecule has 0 fully saturated rings. The van der Waals surface area contributed by atoms with Crippen LogP contribution in [0.4, 0.5) is 0 Å². The zero-order valence-corrected chi connectivity index (χ0v) is 7.64. The third kappa shape index (κ3) is 1.13. The van der Waals surface area contributed by atoms with E-state index in [1.165, 1.54) is 12.8 Å². The van der Waals surface area contributed by atoms with E-state index in [4.69, 9.17) is 17.3 Å². The third-order valence-electron chi connectivity index (χ3n) is 2.28. The van der Waals surface area contributed by atoms with Crippen molar-refractivity contribution in [1.29, 1.82) is 0 Å². The first-order chi connectivity index (χ1) is 5.83. The molecule has 3 nitrogen and oxygen atoms in total. The number of hydrogen-bond acceptors (Lipinski definition) is 2. The number of nitrogens with two attached hydrogens (primary N) is 1. The summed E-state index contributed by atoms with van der Waals surface area (Å²) in [5.41, 5.74) is 6.34. The predicted octanol–water partition coefficient (Wildman–Crippen LogP) is 1.33. The molecule has 0 amide bonds. The van der Waals surface area contributed by atoms with E-state index in [0.29, 0.717) is 6.54 Å². The van der Waals surface area contributed by atoms with Crippen LogP contribution in [0.15, 0.2) is 0 Å². The van der Waals surface area contributed by atoms with E-state index in [9.17, 15) is 0 Å². The second kappa shape index (κ2) is 3.07. The molecule has 4 heteroatoms. The van der Waals surface area contributed by atoms with Gasteiger partial charge in [-0.3, -0.25) is 0 Å². The molecule has 0 spiro atoms. The van der Waals surface area contributed by atoms with Crippen molar-refractivity contribution in [2.24, 2.45) is 5.73 Å². The lowest BCUT2D eigenvalue weighted by atomic mass is 10.2. The molecule has 2 heterocycles. The molecular weight excluding hydrogens is 174 g/mol. The van der Waals surface area contributed by atoms with Gasteiger partial charge < -0.3 is 10.3 Å². The molecule has 0 aromatic carbocycles. The van der Waals surface area contributed by atoms with Crippen LogP contribution >= 0.6 is 11.6 Å². The van der Waals surface area contributed by atoms with Gasteiger partial charge in [0, 0.05) is 19.5 Å². The zero-order valence-electron chi connectivity index (χ0n) is 6.89. The lowest BCUT2D eigenvalue weighted by Crippen LogP contribution is -2.10. The van der Waals surface area contributed by atoms with Gasteiger partial charge in [0.1, 0.15) is 11.0 Å². The molecular formula is C8H12ClN3. The highest BCUT2D eigenvalue weighted by molar-refractivity contribution is 6.30. The van der Waals surface area contributed by atoms with Gasteiger partial charge in [-0.25, -0.2) is 4.98 Å². The van der Waals surface area contributed by atoms with Crippen molar-refractivity contribution in [3.05, 3.63) is 16.7 Å². The summed E-state index contributed by atoms with van der Waals surface area (Å²) in [6.07, 6.45) is 3.46. The average molecular weight is 186 g/mol. The number of imidazole rings is 1. The van der Waals surface area contributed by atoms with Crippen molar-refractivity contribution in [1.82, 2.24) is 9.55 Å². The van der Waals surface area contributed by atoms with Crippen molar-refractivity contribution in [3.8, 4) is 0 Å². The second-order valence-corrected chi connectivity index (χ2v) is 3.44.